The average molecular weight is 222 g/mol. The van der Waals surface area contributed by atoms with E-state index < -0.39 is 12.0 Å². The number of H-pyrrole nitrogens is 1. The van der Waals surface area contributed by atoms with Crippen molar-refractivity contribution < 1.29 is 9.63 Å². The Hall–Kier alpha value is -1.79. The lowest BCUT2D eigenvalue weighted by molar-refractivity contribution is -0.145. The first-order valence-corrected chi connectivity index (χ1v) is 4.99. The van der Waals surface area contributed by atoms with Crippen molar-refractivity contribution in [2.24, 2.45) is 11.6 Å². The Labute approximate surface area is 92.6 Å². The molecule has 0 aliphatic carbocycles. The number of rotatable bonds is 3. The molecule has 0 fully saturated rings. The van der Waals surface area contributed by atoms with Crippen LogP contribution in [0.25, 0.3) is 6.08 Å². The average Bonchev–Trinajstić information content (AvgIpc) is 2.72. The minimum absolute atomic E-state index is 0.397. The van der Waals surface area contributed by atoms with E-state index in [0.717, 1.165) is 23.5 Å². The highest BCUT2D eigenvalue weighted by atomic mass is 16.7. The molecule has 0 aromatic carbocycles. The molecule has 16 heavy (non-hydrogen) atoms. The Morgan fingerprint density at radius 1 is 1.62 bits per heavy atom. The highest BCUT2D eigenvalue weighted by Gasteiger charge is 2.19. The van der Waals surface area contributed by atoms with Crippen molar-refractivity contribution in [2.75, 3.05) is 11.9 Å². The van der Waals surface area contributed by atoms with E-state index in [1.807, 2.05) is 18.3 Å². The van der Waals surface area contributed by atoms with Gasteiger partial charge in [0.25, 0.3) is 0 Å². The molecule has 2 rings (SSSR count). The van der Waals surface area contributed by atoms with Gasteiger partial charge < -0.3 is 20.9 Å². The molecule has 6 heteroatoms. The van der Waals surface area contributed by atoms with Gasteiger partial charge in [0.05, 0.1) is 0 Å². The number of anilines is 1. The quantitative estimate of drug-likeness (QED) is 0.527. The Kier molecular flexibility index (Phi) is 2.93. The fraction of sp³-hybridized carbons (Fsp3) is 0.300. The molecule has 0 unspecified atom stereocenters. The summed E-state index contributed by atoms with van der Waals surface area (Å²) in [5.41, 5.74) is 7.64. The number of hydrogen-bond donors (Lipinski definition) is 4. The van der Waals surface area contributed by atoms with Crippen LogP contribution in [0, 0.1) is 0 Å². The number of aromatic amines is 1. The standard InChI is InChI=1S/C10H14N4O2/c11-8(10(15)16-12)4-6-5-14-9-7(6)2-1-3-13-9/h1-2,5,8,13-14H,3-4,11-12H2/t8-/m0/s1. The van der Waals surface area contributed by atoms with Gasteiger partial charge in [-0.3, -0.25) is 0 Å². The van der Waals surface area contributed by atoms with Crippen LogP contribution >= 0.6 is 0 Å². The minimum Gasteiger partial charge on any atom is -0.372 e. The van der Waals surface area contributed by atoms with Crippen molar-refractivity contribution >= 4 is 17.9 Å². The number of carbonyl (C=O) groups excluding carboxylic acids is 1. The van der Waals surface area contributed by atoms with Crippen LogP contribution in [0.1, 0.15) is 11.1 Å². The summed E-state index contributed by atoms with van der Waals surface area (Å²) in [7, 11) is 0. The summed E-state index contributed by atoms with van der Waals surface area (Å²) in [4.78, 5) is 18.3. The summed E-state index contributed by atoms with van der Waals surface area (Å²) in [5.74, 6) is 5.12. The van der Waals surface area contributed by atoms with Gasteiger partial charge in [0.1, 0.15) is 11.9 Å². The lowest BCUT2D eigenvalue weighted by Gasteiger charge is -2.11. The molecule has 1 aromatic heterocycles. The van der Waals surface area contributed by atoms with E-state index in [0.29, 0.717) is 6.42 Å². The molecule has 6 N–H and O–H groups in total. The number of aromatic nitrogens is 1. The maximum absolute atomic E-state index is 11.1. The molecular weight excluding hydrogens is 208 g/mol. The third kappa shape index (κ3) is 1.93. The minimum atomic E-state index is -0.736. The Bertz CT molecular complexity index is 424. The zero-order valence-electron chi connectivity index (χ0n) is 8.69. The van der Waals surface area contributed by atoms with Crippen LogP contribution in [-0.4, -0.2) is 23.5 Å². The second kappa shape index (κ2) is 4.38. The molecule has 0 saturated heterocycles. The topological polar surface area (TPSA) is 106 Å². The number of fused-ring (bicyclic) bond motifs is 1. The number of nitrogens with two attached hydrogens (primary N) is 2. The Morgan fingerprint density at radius 3 is 3.19 bits per heavy atom. The van der Waals surface area contributed by atoms with Crippen molar-refractivity contribution in [2.45, 2.75) is 12.5 Å². The van der Waals surface area contributed by atoms with Crippen molar-refractivity contribution in [3.63, 3.8) is 0 Å². The summed E-state index contributed by atoms with van der Waals surface area (Å²) in [5, 5.41) is 3.18. The van der Waals surface area contributed by atoms with E-state index in [1.165, 1.54) is 0 Å². The van der Waals surface area contributed by atoms with Crippen molar-refractivity contribution in [3.05, 3.63) is 23.4 Å². The highest BCUT2D eigenvalue weighted by Crippen LogP contribution is 2.24. The van der Waals surface area contributed by atoms with Gasteiger partial charge in [-0.15, -0.1) is 0 Å². The van der Waals surface area contributed by atoms with Crippen LogP contribution in [0.3, 0.4) is 0 Å². The number of carbonyl (C=O) groups is 1. The normalized spacial score (nSPS) is 15.1. The third-order valence-electron chi connectivity index (χ3n) is 2.55. The fourth-order valence-electron chi connectivity index (χ4n) is 1.73. The van der Waals surface area contributed by atoms with E-state index in [-0.39, 0.29) is 0 Å². The molecule has 2 heterocycles. The second-order valence-corrected chi connectivity index (χ2v) is 3.63. The first kappa shape index (κ1) is 10.7. The Morgan fingerprint density at radius 2 is 2.44 bits per heavy atom. The lowest BCUT2D eigenvalue weighted by atomic mass is 10.0. The van der Waals surface area contributed by atoms with Crippen LogP contribution in [-0.2, 0) is 16.1 Å². The van der Waals surface area contributed by atoms with Gasteiger partial charge in [0.2, 0.25) is 0 Å². The molecule has 1 aliphatic rings. The number of nitrogens with one attached hydrogen (secondary N) is 2. The van der Waals surface area contributed by atoms with Gasteiger partial charge in [-0.1, -0.05) is 12.2 Å². The van der Waals surface area contributed by atoms with Gasteiger partial charge in [-0.2, -0.15) is 5.90 Å². The van der Waals surface area contributed by atoms with E-state index >= 15 is 0 Å². The zero-order valence-corrected chi connectivity index (χ0v) is 8.69. The fourth-order valence-corrected chi connectivity index (χ4v) is 1.73. The molecule has 0 saturated carbocycles. The van der Waals surface area contributed by atoms with Crippen LogP contribution in [0.2, 0.25) is 0 Å². The van der Waals surface area contributed by atoms with Crippen LogP contribution in [0.5, 0.6) is 0 Å². The molecule has 1 atom stereocenters. The van der Waals surface area contributed by atoms with Gasteiger partial charge in [-0.05, 0) is 5.56 Å². The summed E-state index contributed by atoms with van der Waals surface area (Å²) in [6.07, 6.45) is 6.23. The number of hydrogen-bond acceptors (Lipinski definition) is 5. The molecule has 1 aromatic rings. The molecule has 0 radical (unpaired) electrons. The maximum Gasteiger partial charge on any atom is 0.341 e. The van der Waals surface area contributed by atoms with Gasteiger partial charge in [0.15, 0.2) is 0 Å². The largest absolute Gasteiger partial charge is 0.372 e. The van der Waals surface area contributed by atoms with Crippen LogP contribution in [0.15, 0.2) is 12.3 Å². The smallest absolute Gasteiger partial charge is 0.341 e. The van der Waals surface area contributed by atoms with E-state index in [2.05, 4.69) is 15.1 Å². The van der Waals surface area contributed by atoms with Crippen LogP contribution in [0.4, 0.5) is 5.82 Å². The molecular formula is C10H14N4O2. The molecule has 1 aliphatic heterocycles. The summed E-state index contributed by atoms with van der Waals surface area (Å²) < 4.78 is 0. The second-order valence-electron chi connectivity index (χ2n) is 3.63. The molecule has 86 valence electrons. The molecule has 6 nitrogen and oxygen atoms in total. The summed E-state index contributed by atoms with van der Waals surface area (Å²) in [6.45, 7) is 0.795. The zero-order chi connectivity index (χ0) is 11.5. The first-order valence-electron chi connectivity index (χ1n) is 4.99. The summed E-state index contributed by atoms with van der Waals surface area (Å²) >= 11 is 0. The van der Waals surface area contributed by atoms with Crippen LogP contribution < -0.4 is 16.9 Å². The van der Waals surface area contributed by atoms with Crippen molar-refractivity contribution in [3.8, 4) is 0 Å². The van der Waals surface area contributed by atoms with Gasteiger partial charge in [-0.25, -0.2) is 4.79 Å². The van der Waals surface area contributed by atoms with Gasteiger partial charge >= 0.3 is 5.97 Å². The van der Waals surface area contributed by atoms with Crippen molar-refractivity contribution in [1.82, 2.24) is 4.98 Å². The van der Waals surface area contributed by atoms with E-state index in [9.17, 15) is 4.79 Å². The Balaban J connectivity index is 2.14. The highest BCUT2D eigenvalue weighted by molar-refractivity contribution is 5.77. The lowest BCUT2D eigenvalue weighted by Crippen LogP contribution is -2.35. The SMILES string of the molecule is NOC(=O)[C@@H](N)Cc1c[nH]c2c1C=CCN2. The van der Waals surface area contributed by atoms with Gasteiger partial charge in [0, 0.05) is 24.7 Å². The van der Waals surface area contributed by atoms with E-state index in [1.54, 1.807) is 0 Å². The monoisotopic (exact) mass is 222 g/mol. The van der Waals surface area contributed by atoms with Crippen molar-refractivity contribution in [1.29, 1.82) is 0 Å². The molecule has 0 spiro atoms. The maximum atomic E-state index is 11.1. The predicted octanol–water partition coefficient (Wildman–Crippen LogP) is -0.260. The summed E-state index contributed by atoms with van der Waals surface area (Å²) in [6, 6.07) is -0.736. The molecule has 0 amide bonds. The van der Waals surface area contributed by atoms with E-state index in [4.69, 9.17) is 11.6 Å². The molecule has 0 bridgehead atoms. The first-order chi connectivity index (χ1) is 7.72. The predicted molar refractivity (Wildman–Crippen MR) is 60.3 cm³/mol. The third-order valence-corrected chi connectivity index (χ3v) is 2.55.